The van der Waals surface area contributed by atoms with Crippen molar-refractivity contribution in [3.05, 3.63) is 0 Å². The Hall–Kier alpha value is -0.210. The molecule has 0 amide bonds. The summed E-state index contributed by atoms with van der Waals surface area (Å²) in [4.78, 5) is 2.37. The minimum Gasteiger partial charge on any atom is -0.381 e. The minimum absolute atomic E-state index is 0.508. The number of hydrogen-bond acceptors (Lipinski definition) is 5. The van der Waals surface area contributed by atoms with Crippen LogP contribution in [0.4, 0.5) is 0 Å². The van der Waals surface area contributed by atoms with E-state index in [0.717, 1.165) is 45.8 Å². The first kappa shape index (κ1) is 16.2. The van der Waals surface area contributed by atoms with Crippen molar-refractivity contribution < 1.29 is 13.2 Å². The van der Waals surface area contributed by atoms with Crippen LogP contribution in [0, 0.1) is 5.92 Å². The van der Waals surface area contributed by atoms with E-state index in [1.807, 2.05) is 0 Å². The van der Waals surface area contributed by atoms with Crippen LogP contribution in [0.15, 0.2) is 0 Å². The molecule has 0 spiro atoms. The van der Waals surface area contributed by atoms with Crippen molar-refractivity contribution in [2.45, 2.75) is 19.4 Å². The summed E-state index contributed by atoms with van der Waals surface area (Å²) in [5, 5.41) is 3.54. The van der Waals surface area contributed by atoms with Crippen molar-refractivity contribution in [2.75, 3.05) is 58.7 Å². The van der Waals surface area contributed by atoms with Crippen LogP contribution in [-0.2, 0) is 14.8 Å². The summed E-state index contributed by atoms with van der Waals surface area (Å²) in [6, 6.07) is 0.529. The maximum atomic E-state index is 11.5. The second-order valence-corrected chi connectivity index (χ2v) is 7.73. The molecule has 6 nitrogen and oxygen atoms in total. The Morgan fingerprint density at radius 3 is 2.55 bits per heavy atom. The molecule has 2 unspecified atom stereocenters. The summed E-state index contributed by atoms with van der Waals surface area (Å²) < 4.78 is 30.2. The van der Waals surface area contributed by atoms with E-state index in [1.165, 1.54) is 6.26 Å². The Kier molecular flexibility index (Phi) is 5.80. The van der Waals surface area contributed by atoms with E-state index in [0.29, 0.717) is 25.0 Å². The van der Waals surface area contributed by atoms with Gasteiger partial charge in [-0.2, -0.15) is 4.31 Å². The molecule has 0 aliphatic carbocycles. The number of rotatable bonds is 5. The van der Waals surface area contributed by atoms with Crippen molar-refractivity contribution in [3.8, 4) is 0 Å². The molecule has 7 heteroatoms. The zero-order valence-corrected chi connectivity index (χ0v) is 13.4. The van der Waals surface area contributed by atoms with Crippen LogP contribution in [0.2, 0.25) is 0 Å². The molecule has 0 aromatic rings. The Bertz CT molecular complexity index is 392. The lowest BCUT2D eigenvalue weighted by Gasteiger charge is -2.39. The predicted molar refractivity (Wildman–Crippen MR) is 79.2 cm³/mol. The lowest BCUT2D eigenvalue weighted by atomic mass is 9.95. The van der Waals surface area contributed by atoms with E-state index in [-0.39, 0.29) is 0 Å². The van der Waals surface area contributed by atoms with Gasteiger partial charge in [-0.25, -0.2) is 8.42 Å². The van der Waals surface area contributed by atoms with E-state index >= 15 is 0 Å². The van der Waals surface area contributed by atoms with Crippen LogP contribution in [0.5, 0.6) is 0 Å². The van der Waals surface area contributed by atoms with Crippen molar-refractivity contribution in [3.63, 3.8) is 0 Å². The number of ether oxygens (including phenoxy) is 1. The maximum absolute atomic E-state index is 11.5. The highest BCUT2D eigenvalue weighted by Gasteiger charge is 2.29. The van der Waals surface area contributed by atoms with Crippen molar-refractivity contribution >= 4 is 10.0 Å². The van der Waals surface area contributed by atoms with Gasteiger partial charge in [0, 0.05) is 51.3 Å². The average Bonchev–Trinajstić information content (AvgIpc) is 2.41. The molecule has 2 rings (SSSR count). The van der Waals surface area contributed by atoms with Gasteiger partial charge in [-0.3, -0.25) is 0 Å². The van der Waals surface area contributed by atoms with Gasteiger partial charge in [0.15, 0.2) is 0 Å². The van der Waals surface area contributed by atoms with Gasteiger partial charge in [0.1, 0.15) is 0 Å². The van der Waals surface area contributed by atoms with Crippen LogP contribution < -0.4 is 5.32 Å². The first-order chi connectivity index (χ1) is 9.50. The van der Waals surface area contributed by atoms with Gasteiger partial charge in [0.2, 0.25) is 10.0 Å². The van der Waals surface area contributed by atoms with Crippen molar-refractivity contribution in [1.82, 2.24) is 14.5 Å². The Morgan fingerprint density at radius 1 is 1.25 bits per heavy atom. The van der Waals surface area contributed by atoms with E-state index < -0.39 is 10.0 Å². The topological polar surface area (TPSA) is 61.9 Å². The Labute approximate surface area is 122 Å². The highest BCUT2D eigenvalue weighted by atomic mass is 32.2. The largest absolute Gasteiger partial charge is 0.381 e. The fourth-order valence-electron chi connectivity index (χ4n) is 3.08. The molecule has 118 valence electrons. The van der Waals surface area contributed by atoms with Gasteiger partial charge in [0.25, 0.3) is 0 Å². The van der Waals surface area contributed by atoms with E-state index in [9.17, 15) is 8.42 Å². The van der Waals surface area contributed by atoms with E-state index in [4.69, 9.17) is 4.74 Å². The van der Waals surface area contributed by atoms with Crippen LogP contribution >= 0.6 is 0 Å². The second kappa shape index (κ2) is 7.17. The quantitative estimate of drug-likeness (QED) is 0.747. The number of nitrogens with zero attached hydrogens (tertiary/aromatic N) is 2. The molecule has 0 aromatic carbocycles. The summed E-state index contributed by atoms with van der Waals surface area (Å²) in [5.41, 5.74) is 0. The Morgan fingerprint density at radius 2 is 1.95 bits per heavy atom. The number of sulfonamides is 1. The first-order valence-electron chi connectivity index (χ1n) is 7.49. The summed E-state index contributed by atoms with van der Waals surface area (Å²) in [6.45, 7) is 8.64. The number of nitrogens with one attached hydrogen (secondary N) is 1. The third-order valence-electron chi connectivity index (χ3n) is 4.23. The number of hydrogen-bond donors (Lipinski definition) is 1. The molecule has 2 aliphatic heterocycles. The van der Waals surface area contributed by atoms with Crippen LogP contribution in [0.1, 0.15) is 13.3 Å². The summed E-state index contributed by atoms with van der Waals surface area (Å²) in [7, 11) is -3.03. The smallest absolute Gasteiger partial charge is 0.211 e. The lowest BCUT2D eigenvalue weighted by Crippen LogP contribution is -2.53. The van der Waals surface area contributed by atoms with Crippen molar-refractivity contribution in [2.24, 2.45) is 5.92 Å². The average molecular weight is 305 g/mol. The predicted octanol–water partition coefficient (Wildman–Crippen LogP) is -0.422. The SMILES string of the molecule is CCNC1CCOCC1CN1CCN(S(C)(=O)=O)CC1. The first-order valence-corrected chi connectivity index (χ1v) is 9.34. The molecule has 1 N–H and O–H groups in total. The third kappa shape index (κ3) is 4.39. The maximum Gasteiger partial charge on any atom is 0.211 e. The molecule has 2 atom stereocenters. The van der Waals surface area contributed by atoms with E-state index in [1.54, 1.807) is 4.31 Å². The standard InChI is InChI=1S/C13H27N3O3S/c1-3-14-13-4-9-19-11-12(13)10-15-5-7-16(8-6-15)20(2,17)18/h12-14H,3-11H2,1-2H3. The van der Waals surface area contributed by atoms with Gasteiger partial charge in [-0.05, 0) is 13.0 Å². The zero-order chi connectivity index (χ0) is 14.6. The monoisotopic (exact) mass is 305 g/mol. The minimum atomic E-state index is -3.03. The lowest BCUT2D eigenvalue weighted by molar-refractivity contribution is 0.0129. The normalized spacial score (nSPS) is 30.5. The molecular formula is C13H27N3O3S. The van der Waals surface area contributed by atoms with Gasteiger partial charge in [-0.1, -0.05) is 6.92 Å². The summed E-state index contributed by atoms with van der Waals surface area (Å²) in [5.74, 6) is 0.508. The summed E-state index contributed by atoms with van der Waals surface area (Å²) in [6.07, 6.45) is 2.36. The van der Waals surface area contributed by atoms with Gasteiger partial charge in [0.05, 0.1) is 12.9 Å². The summed E-state index contributed by atoms with van der Waals surface area (Å²) >= 11 is 0. The molecule has 0 radical (unpaired) electrons. The molecule has 0 bridgehead atoms. The van der Waals surface area contributed by atoms with Crippen LogP contribution in [0.3, 0.4) is 0 Å². The second-order valence-electron chi connectivity index (χ2n) is 5.75. The molecule has 0 saturated carbocycles. The fourth-order valence-corrected chi connectivity index (χ4v) is 3.91. The molecule has 2 aliphatic rings. The molecule has 20 heavy (non-hydrogen) atoms. The molecule has 0 aromatic heterocycles. The number of piperazine rings is 1. The fraction of sp³-hybridized carbons (Fsp3) is 1.00. The molecule has 2 saturated heterocycles. The van der Waals surface area contributed by atoms with Gasteiger partial charge < -0.3 is 15.0 Å². The molecular weight excluding hydrogens is 278 g/mol. The molecule has 2 fully saturated rings. The van der Waals surface area contributed by atoms with E-state index in [2.05, 4.69) is 17.1 Å². The third-order valence-corrected chi connectivity index (χ3v) is 5.54. The molecule has 2 heterocycles. The van der Waals surface area contributed by atoms with Crippen LogP contribution in [0.25, 0.3) is 0 Å². The van der Waals surface area contributed by atoms with Crippen LogP contribution in [-0.4, -0.2) is 82.4 Å². The Balaban J connectivity index is 1.82. The highest BCUT2D eigenvalue weighted by molar-refractivity contribution is 7.88. The van der Waals surface area contributed by atoms with Gasteiger partial charge >= 0.3 is 0 Å². The highest BCUT2D eigenvalue weighted by Crippen LogP contribution is 2.17. The zero-order valence-electron chi connectivity index (χ0n) is 12.5. The van der Waals surface area contributed by atoms with Gasteiger partial charge in [-0.15, -0.1) is 0 Å². The van der Waals surface area contributed by atoms with Crippen molar-refractivity contribution in [1.29, 1.82) is 0 Å².